The van der Waals surface area contributed by atoms with Crippen molar-refractivity contribution in [1.82, 2.24) is 4.98 Å². The largest absolute Gasteiger partial charge is 0.494 e. The Balaban J connectivity index is 2.05. The smallest absolute Gasteiger partial charge is 0.203 e. The van der Waals surface area contributed by atoms with Gasteiger partial charge in [0.25, 0.3) is 0 Å². The zero-order chi connectivity index (χ0) is 18.5. The van der Waals surface area contributed by atoms with Gasteiger partial charge in [-0.2, -0.15) is 5.11 Å². The quantitative estimate of drug-likeness (QED) is 0.601. The molecular weight excluding hydrogens is 334 g/mol. The molecule has 0 bridgehead atoms. The van der Waals surface area contributed by atoms with Gasteiger partial charge in [0.15, 0.2) is 11.5 Å². The second kappa shape index (κ2) is 7.69. The van der Waals surface area contributed by atoms with Gasteiger partial charge in [0.2, 0.25) is 5.75 Å². The van der Waals surface area contributed by atoms with Crippen LogP contribution >= 0.6 is 0 Å². The normalized spacial score (nSPS) is 10.9. The van der Waals surface area contributed by atoms with Crippen LogP contribution in [0.25, 0.3) is 10.9 Å². The molecule has 0 saturated heterocycles. The number of benzene rings is 2. The molecule has 26 heavy (non-hydrogen) atoms. The van der Waals surface area contributed by atoms with Crippen molar-refractivity contribution >= 4 is 22.3 Å². The summed E-state index contributed by atoms with van der Waals surface area (Å²) in [6, 6.07) is 10.9. The first-order chi connectivity index (χ1) is 12.7. The Kier molecular flexibility index (Phi) is 5.17. The van der Waals surface area contributed by atoms with Crippen LogP contribution in [0.3, 0.4) is 0 Å². The first-order valence-electron chi connectivity index (χ1n) is 7.85. The summed E-state index contributed by atoms with van der Waals surface area (Å²) in [5.74, 6) is 2.23. The number of hydrogen-bond acceptors (Lipinski definition) is 7. The number of ether oxygens (including phenoxy) is 4. The second-order valence-electron chi connectivity index (χ2n) is 5.27. The van der Waals surface area contributed by atoms with Crippen molar-refractivity contribution in [2.45, 2.75) is 0 Å². The molecule has 0 saturated carbocycles. The van der Waals surface area contributed by atoms with Gasteiger partial charge in [0.05, 0.1) is 39.8 Å². The standard InChI is InChI=1S/C19H19N3O4/c1-23-15-8-7-14(13-6-5-9-20-18(13)15)22-21-12-10-16(24-2)19(26-4)17(11-12)25-3/h5-11H,1-4H3/b22-21+. The summed E-state index contributed by atoms with van der Waals surface area (Å²) in [6.45, 7) is 0. The Hall–Kier alpha value is -3.35. The van der Waals surface area contributed by atoms with Gasteiger partial charge >= 0.3 is 0 Å². The van der Waals surface area contributed by atoms with Gasteiger partial charge in [0, 0.05) is 23.7 Å². The third kappa shape index (κ3) is 3.23. The van der Waals surface area contributed by atoms with Crippen LogP contribution < -0.4 is 18.9 Å². The second-order valence-corrected chi connectivity index (χ2v) is 5.27. The predicted molar refractivity (Wildman–Crippen MR) is 98.6 cm³/mol. The lowest BCUT2D eigenvalue weighted by Crippen LogP contribution is -1.94. The molecule has 0 fully saturated rings. The average Bonchev–Trinajstić information content (AvgIpc) is 2.70. The summed E-state index contributed by atoms with van der Waals surface area (Å²) in [7, 11) is 6.28. The van der Waals surface area contributed by atoms with E-state index in [0.717, 1.165) is 10.9 Å². The van der Waals surface area contributed by atoms with Gasteiger partial charge in [-0.1, -0.05) is 0 Å². The highest BCUT2D eigenvalue weighted by molar-refractivity contribution is 5.93. The fourth-order valence-electron chi connectivity index (χ4n) is 2.62. The molecule has 0 N–H and O–H groups in total. The summed E-state index contributed by atoms with van der Waals surface area (Å²) in [4.78, 5) is 4.36. The fraction of sp³-hybridized carbons (Fsp3) is 0.211. The first-order valence-corrected chi connectivity index (χ1v) is 7.85. The Morgan fingerprint density at radius 2 is 1.46 bits per heavy atom. The fourth-order valence-corrected chi connectivity index (χ4v) is 2.62. The van der Waals surface area contributed by atoms with Crippen molar-refractivity contribution < 1.29 is 18.9 Å². The van der Waals surface area contributed by atoms with Crippen LogP contribution in [0.4, 0.5) is 11.4 Å². The maximum atomic E-state index is 5.35. The van der Waals surface area contributed by atoms with E-state index >= 15 is 0 Å². The molecule has 0 unspecified atom stereocenters. The zero-order valence-corrected chi connectivity index (χ0v) is 15.0. The minimum atomic E-state index is 0.507. The SMILES string of the molecule is COc1cc(/N=N/c2ccc(OC)c3ncccc23)cc(OC)c1OC. The van der Waals surface area contributed by atoms with Crippen LogP contribution in [0, 0.1) is 0 Å². The Labute approximate surface area is 151 Å². The van der Waals surface area contributed by atoms with Gasteiger partial charge in [-0.05, 0) is 24.3 Å². The molecule has 3 aromatic rings. The summed E-state index contributed by atoms with van der Waals surface area (Å²) >= 11 is 0. The summed E-state index contributed by atoms with van der Waals surface area (Å²) < 4.78 is 21.3. The average molecular weight is 353 g/mol. The van der Waals surface area contributed by atoms with E-state index in [1.165, 1.54) is 0 Å². The molecule has 7 heteroatoms. The number of aromatic nitrogens is 1. The van der Waals surface area contributed by atoms with Crippen LogP contribution in [0.2, 0.25) is 0 Å². The van der Waals surface area contributed by atoms with E-state index in [1.54, 1.807) is 46.8 Å². The van der Waals surface area contributed by atoms with Crippen molar-refractivity contribution in [3.8, 4) is 23.0 Å². The zero-order valence-electron chi connectivity index (χ0n) is 15.0. The molecule has 0 aliphatic rings. The van der Waals surface area contributed by atoms with Crippen LogP contribution in [0.5, 0.6) is 23.0 Å². The predicted octanol–water partition coefficient (Wildman–Crippen LogP) is 4.68. The molecule has 1 aromatic heterocycles. The maximum absolute atomic E-state index is 5.35. The van der Waals surface area contributed by atoms with Crippen molar-refractivity contribution in [2.75, 3.05) is 28.4 Å². The molecule has 7 nitrogen and oxygen atoms in total. The number of azo groups is 1. The van der Waals surface area contributed by atoms with E-state index in [-0.39, 0.29) is 0 Å². The first kappa shape index (κ1) is 17.5. The molecule has 3 rings (SSSR count). The van der Waals surface area contributed by atoms with Gasteiger partial charge in [-0.15, -0.1) is 5.11 Å². The van der Waals surface area contributed by atoms with Crippen LogP contribution in [0.15, 0.2) is 52.8 Å². The van der Waals surface area contributed by atoms with E-state index in [2.05, 4.69) is 15.2 Å². The molecule has 2 aromatic carbocycles. The Morgan fingerprint density at radius 3 is 2.08 bits per heavy atom. The number of nitrogens with zero attached hydrogens (tertiary/aromatic N) is 3. The molecular formula is C19H19N3O4. The number of hydrogen-bond donors (Lipinski definition) is 0. The molecule has 0 spiro atoms. The van der Waals surface area contributed by atoms with E-state index in [1.807, 2.05) is 24.3 Å². The highest BCUT2D eigenvalue weighted by atomic mass is 16.5. The molecule has 0 aliphatic heterocycles. The lowest BCUT2D eigenvalue weighted by atomic mass is 10.1. The maximum Gasteiger partial charge on any atom is 0.203 e. The summed E-state index contributed by atoms with van der Waals surface area (Å²) in [5.41, 5.74) is 1.99. The van der Waals surface area contributed by atoms with Gasteiger partial charge in [0.1, 0.15) is 11.3 Å². The molecule has 0 aliphatic carbocycles. The van der Waals surface area contributed by atoms with E-state index in [9.17, 15) is 0 Å². The van der Waals surface area contributed by atoms with E-state index < -0.39 is 0 Å². The van der Waals surface area contributed by atoms with Crippen LogP contribution in [-0.4, -0.2) is 33.4 Å². The van der Waals surface area contributed by atoms with Crippen molar-refractivity contribution in [2.24, 2.45) is 10.2 Å². The lowest BCUT2D eigenvalue weighted by Gasteiger charge is -2.12. The number of methoxy groups -OCH3 is 4. The molecule has 0 amide bonds. The minimum Gasteiger partial charge on any atom is -0.494 e. The number of fused-ring (bicyclic) bond motifs is 1. The van der Waals surface area contributed by atoms with E-state index in [4.69, 9.17) is 18.9 Å². The monoisotopic (exact) mass is 353 g/mol. The van der Waals surface area contributed by atoms with Crippen LogP contribution in [-0.2, 0) is 0 Å². The number of pyridine rings is 1. The van der Waals surface area contributed by atoms with Crippen molar-refractivity contribution in [3.05, 3.63) is 42.6 Å². The number of rotatable bonds is 6. The minimum absolute atomic E-state index is 0.507. The summed E-state index contributed by atoms with van der Waals surface area (Å²) in [5, 5.41) is 9.53. The topological polar surface area (TPSA) is 74.5 Å². The van der Waals surface area contributed by atoms with Gasteiger partial charge in [-0.3, -0.25) is 4.98 Å². The molecule has 0 atom stereocenters. The molecule has 134 valence electrons. The third-order valence-corrected chi connectivity index (χ3v) is 3.85. The highest BCUT2D eigenvalue weighted by Gasteiger charge is 2.13. The van der Waals surface area contributed by atoms with Crippen molar-refractivity contribution in [3.63, 3.8) is 0 Å². The van der Waals surface area contributed by atoms with E-state index in [0.29, 0.717) is 34.4 Å². The molecule has 1 heterocycles. The Morgan fingerprint density at radius 1 is 0.769 bits per heavy atom. The van der Waals surface area contributed by atoms with Gasteiger partial charge < -0.3 is 18.9 Å². The lowest BCUT2D eigenvalue weighted by molar-refractivity contribution is 0.324. The molecule has 0 radical (unpaired) electrons. The Bertz CT molecular complexity index is 932. The van der Waals surface area contributed by atoms with Gasteiger partial charge in [-0.25, -0.2) is 0 Å². The van der Waals surface area contributed by atoms with Crippen LogP contribution in [0.1, 0.15) is 0 Å². The summed E-state index contributed by atoms with van der Waals surface area (Å²) in [6.07, 6.45) is 1.71. The highest BCUT2D eigenvalue weighted by Crippen LogP contribution is 2.41. The third-order valence-electron chi connectivity index (χ3n) is 3.85. The van der Waals surface area contributed by atoms with Crippen molar-refractivity contribution in [1.29, 1.82) is 0 Å².